The zero-order valence-corrected chi connectivity index (χ0v) is 16.6. The zero-order valence-electron chi connectivity index (χ0n) is 15.9. The van der Waals surface area contributed by atoms with Crippen molar-refractivity contribution < 1.29 is 28.6 Å². The molecule has 1 heterocycles. The minimum absolute atomic E-state index is 0.183. The number of esters is 1. The number of fused-ring (bicyclic) bond motifs is 1. The average Bonchev–Trinajstić information content (AvgIpc) is 3.16. The van der Waals surface area contributed by atoms with Crippen molar-refractivity contribution in [2.75, 3.05) is 25.3 Å². The van der Waals surface area contributed by atoms with Crippen LogP contribution in [0, 0.1) is 6.92 Å². The summed E-state index contributed by atoms with van der Waals surface area (Å²) in [5, 5.41) is 7.09. The molecule has 0 aliphatic carbocycles. The minimum atomic E-state index is -0.713. The Morgan fingerprint density at radius 3 is 2.72 bits per heavy atom. The van der Waals surface area contributed by atoms with E-state index >= 15 is 0 Å². The lowest BCUT2D eigenvalue weighted by atomic mass is 10.1. The number of carbonyl (C=O) groups excluding carboxylic acids is 2. The third-order valence-corrected chi connectivity index (χ3v) is 4.24. The van der Waals surface area contributed by atoms with Gasteiger partial charge in [-0.3, -0.25) is 4.79 Å². The van der Waals surface area contributed by atoms with E-state index in [0.29, 0.717) is 27.9 Å². The van der Waals surface area contributed by atoms with E-state index in [1.54, 1.807) is 43.3 Å². The summed E-state index contributed by atoms with van der Waals surface area (Å²) in [7, 11) is 0. The molecule has 152 valence electrons. The van der Waals surface area contributed by atoms with Gasteiger partial charge < -0.3 is 24.4 Å². The van der Waals surface area contributed by atoms with Crippen molar-refractivity contribution >= 4 is 34.9 Å². The summed E-state index contributed by atoms with van der Waals surface area (Å²) in [6.45, 7) is 2.86. The van der Waals surface area contributed by atoms with Crippen molar-refractivity contribution in [3.63, 3.8) is 0 Å². The smallest absolute Gasteiger partial charge is 0.347 e. The first-order valence-corrected chi connectivity index (χ1v) is 9.08. The number of carbonyl (C=O) groups is 2. The number of benzene rings is 2. The average molecular weight is 419 g/mol. The fraction of sp³-hybridized carbons (Fsp3) is 0.250. The number of hydrogen-bond acceptors (Lipinski definition) is 7. The van der Waals surface area contributed by atoms with Crippen LogP contribution in [-0.2, 0) is 19.2 Å². The number of hydrogen-bond donors (Lipinski definition) is 1. The first-order chi connectivity index (χ1) is 13.9. The number of aryl methyl sites for hydroxylation is 1. The second kappa shape index (κ2) is 9.29. The maximum atomic E-state index is 11.9. The van der Waals surface area contributed by atoms with Gasteiger partial charge in [0.1, 0.15) is 0 Å². The molecule has 1 aliphatic heterocycles. The molecule has 0 aromatic heterocycles. The van der Waals surface area contributed by atoms with Crippen molar-refractivity contribution in [3.05, 3.63) is 52.5 Å². The van der Waals surface area contributed by atoms with Crippen LogP contribution in [0.2, 0.25) is 5.02 Å². The van der Waals surface area contributed by atoms with Gasteiger partial charge in [0.05, 0.1) is 5.71 Å². The SMILES string of the molecule is C/C(=N/OCC(=O)OCC(=O)Nc1ccc(Cl)cc1C)c1ccc2c(c1)OCO2. The number of anilines is 1. The molecule has 0 saturated carbocycles. The van der Waals surface area contributed by atoms with Crippen LogP contribution in [0.1, 0.15) is 18.1 Å². The second-order valence-corrected chi connectivity index (χ2v) is 6.62. The predicted octanol–water partition coefficient (Wildman–Crippen LogP) is 3.30. The Kier molecular flexibility index (Phi) is 6.56. The summed E-state index contributed by atoms with van der Waals surface area (Å²) in [6, 6.07) is 10.4. The van der Waals surface area contributed by atoms with Gasteiger partial charge in [0.25, 0.3) is 5.91 Å². The van der Waals surface area contributed by atoms with Gasteiger partial charge in [0.2, 0.25) is 13.4 Å². The lowest BCUT2D eigenvalue weighted by Gasteiger charge is -2.09. The number of rotatable bonds is 7. The van der Waals surface area contributed by atoms with Gasteiger partial charge in [-0.1, -0.05) is 16.8 Å². The van der Waals surface area contributed by atoms with E-state index in [0.717, 1.165) is 11.1 Å². The maximum Gasteiger partial charge on any atom is 0.347 e. The monoisotopic (exact) mass is 418 g/mol. The third-order valence-electron chi connectivity index (χ3n) is 4.00. The van der Waals surface area contributed by atoms with Gasteiger partial charge in [0.15, 0.2) is 18.1 Å². The number of halogens is 1. The van der Waals surface area contributed by atoms with Gasteiger partial charge >= 0.3 is 5.97 Å². The standard InChI is InChI=1S/C20H19ClN2O6/c1-12-7-15(21)4-5-16(12)22-19(24)9-26-20(25)10-29-23-13(2)14-3-6-17-18(8-14)28-11-27-17/h3-8H,9-11H2,1-2H3,(H,22,24)/b23-13-. The van der Waals surface area contributed by atoms with Gasteiger partial charge in [-0.05, 0) is 55.8 Å². The Hall–Kier alpha value is -3.26. The number of ether oxygens (including phenoxy) is 3. The predicted molar refractivity (Wildman–Crippen MR) is 107 cm³/mol. The Labute approximate surface area is 172 Å². The zero-order chi connectivity index (χ0) is 20.8. The molecule has 0 radical (unpaired) electrons. The van der Waals surface area contributed by atoms with Crippen LogP contribution in [0.3, 0.4) is 0 Å². The second-order valence-electron chi connectivity index (χ2n) is 6.19. The molecule has 0 unspecified atom stereocenters. The van der Waals surface area contributed by atoms with E-state index < -0.39 is 25.1 Å². The molecular formula is C20H19ClN2O6. The van der Waals surface area contributed by atoms with E-state index in [1.807, 2.05) is 6.92 Å². The van der Waals surface area contributed by atoms with Crippen molar-refractivity contribution in [3.8, 4) is 11.5 Å². The number of oxime groups is 1. The van der Waals surface area contributed by atoms with E-state index in [-0.39, 0.29) is 6.79 Å². The summed E-state index contributed by atoms with van der Waals surface area (Å²) >= 11 is 5.87. The van der Waals surface area contributed by atoms with Crippen LogP contribution in [0.15, 0.2) is 41.6 Å². The van der Waals surface area contributed by atoms with Crippen LogP contribution < -0.4 is 14.8 Å². The largest absolute Gasteiger partial charge is 0.454 e. The number of nitrogens with zero attached hydrogens (tertiary/aromatic N) is 1. The maximum absolute atomic E-state index is 11.9. The molecule has 1 aliphatic rings. The summed E-state index contributed by atoms with van der Waals surface area (Å²) in [5.74, 6) is 0.107. The van der Waals surface area contributed by atoms with Crippen LogP contribution in [0.25, 0.3) is 0 Å². The first kappa shape index (κ1) is 20.5. The summed E-state index contributed by atoms with van der Waals surface area (Å²) in [6.07, 6.45) is 0. The van der Waals surface area contributed by atoms with Crippen molar-refractivity contribution in [2.24, 2.45) is 5.16 Å². The van der Waals surface area contributed by atoms with Crippen LogP contribution in [0.4, 0.5) is 5.69 Å². The topological polar surface area (TPSA) is 95.5 Å². The number of nitrogens with one attached hydrogen (secondary N) is 1. The van der Waals surface area contributed by atoms with Gasteiger partial charge in [-0.25, -0.2) is 4.79 Å². The van der Waals surface area contributed by atoms with Crippen molar-refractivity contribution in [1.82, 2.24) is 0 Å². The molecule has 29 heavy (non-hydrogen) atoms. The molecular weight excluding hydrogens is 400 g/mol. The molecule has 0 saturated heterocycles. The summed E-state index contributed by atoms with van der Waals surface area (Å²) in [5.41, 5.74) is 2.71. The molecule has 8 nitrogen and oxygen atoms in total. The highest BCUT2D eigenvalue weighted by Crippen LogP contribution is 2.32. The van der Waals surface area contributed by atoms with Crippen molar-refractivity contribution in [1.29, 1.82) is 0 Å². The lowest BCUT2D eigenvalue weighted by molar-refractivity contribution is -0.151. The van der Waals surface area contributed by atoms with Crippen LogP contribution in [0.5, 0.6) is 11.5 Å². The summed E-state index contributed by atoms with van der Waals surface area (Å²) in [4.78, 5) is 28.6. The highest BCUT2D eigenvalue weighted by Gasteiger charge is 2.14. The quantitative estimate of drug-likeness (QED) is 0.421. The fourth-order valence-corrected chi connectivity index (χ4v) is 2.72. The number of amides is 1. The highest BCUT2D eigenvalue weighted by atomic mass is 35.5. The molecule has 1 N–H and O–H groups in total. The van der Waals surface area contributed by atoms with E-state index in [9.17, 15) is 9.59 Å². The highest BCUT2D eigenvalue weighted by molar-refractivity contribution is 6.30. The Balaban J connectivity index is 1.42. The van der Waals surface area contributed by atoms with Gasteiger partial charge in [-0.15, -0.1) is 0 Å². The third kappa shape index (κ3) is 5.61. The molecule has 0 fully saturated rings. The Morgan fingerprint density at radius 2 is 1.93 bits per heavy atom. The van der Waals surface area contributed by atoms with E-state index in [2.05, 4.69) is 10.5 Å². The Bertz CT molecular complexity index is 960. The summed E-state index contributed by atoms with van der Waals surface area (Å²) < 4.78 is 15.4. The van der Waals surface area contributed by atoms with Gasteiger partial charge in [-0.2, -0.15) is 0 Å². The first-order valence-electron chi connectivity index (χ1n) is 8.70. The molecule has 9 heteroatoms. The minimum Gasteiger partial charge on any atom is -0.454 e. The fourth-order valence-electron chi connectivity index (χ4n) is 2.50. The molecule has 0 atom stereocenters. The van der Waals surface area contributed by atoms with E-state index in [1.165, 1.54) is 0 Å². The van der Waals surface area contributed by atoms with E-state index in [4.69, 9.17) is 30.6 Å². The molecule has 2 aromatic rings. The normalized spacial score (nSPS) is 12.4. The molecule has 1 amide bonds. The van der Waals surface area contributed by atoms with Crippen molar-refractivity contribution in [2.45, 2.75) is 13.8 Å². The molecule has 2 aromatic carbocycles. The molecule has 3 rings (SSSR count). The van der Waals surface area contributed by atoms with Crippen LogP contribution >= 0.6 is 11.6 Å². The van der Waals surface area contributed by atoms with Gasteiger partial charge in [0, 0.05) is 16.3 Å². The Morgan fingerprint density at radius 1 is 1.14 bits per heavy atom. The molecule has 0 spiro atoms. The van der Waals surface area contributed by atoms with Crippen LogP contribution in [-0.4, -0.2) is 37.6 Å². The molecule has 0 bridgehead atoms. The lowest BCUT2D eigenvalue weighted by Crippen LogP contribution is -2.23.